The number of rotatable bonds is 4. The lowest BCUT2D eigenvalue weighted by molar-refractivity contribution is -0.133. The van der Waals surface area contributed by atoms with Crippen LogP contribution in [0.2, 0.25) is 5.02 Å². The van der Waals surface area contributed by atoms with Gasteiger partial charge in [0.15, 0.2) is 0 Å². The summed E-state index contributed by atoms with van der Waals surface area (Å²) in [4.78, 5) is 0. The van der Waals surface area contributed by atoms with Crippen LogP contribution in [-0.4, -0.2) is 7.11 Å². The highest BCUT2D eigenvalue weighted by Gasteiger charge is 2.42. The second kappa shape index (κ2) is 5.68. The van der Waals surface area contributed by atoms with Crippen LogP contribution in [0.25, 0.3) is 0 Å². The van der Waals surface area contributed by atoms with E-state index in [4.69, 9.17) is 16.3 Å². The maximum absolute atomic E-state index is 14.5. The molecule has 1 nitrogen and oxygen atoms in total. The van der Waals surface area contributed by atoms with Crippen molar-refractivity contribution in [3.05, 3.63) is 70.7 Å². The molecule has 0 N–H and O–H groups in total. The Hall–Kier alpha value is -1.45. The van der Waals surface area contributed by atoms with Crippen molar-refractivity contribution in [2.75, 3.05) is 7.11 Å². The highest BCUT2D eigenvalue weighted by molar-refractivity contribution is 6.30. The summed E-state index contributed by atoms with van der Waals surface area (Å²) in [6.07, 6.45) is -1.34. The normalized spacial score (nSPS) is 13.3. The molecule has 0 amide bonds. The molecule has 0 bridgehead atoms. The standard InChI is InChI=1S/C15H13ClF2O/c1-19-14(11-6-3-2-4-7-11)15(17,18)12-8-5-9-13(16)10-12/h2-10,14H,1H3. The molecule has 2 aromatic rings. The third-order valence-corrected chi connectivity index (χ3v) is 3.11. The lowest BCUT2D eigenvalue weighted by Crippen LogP contribution is -2.25. The Balaban J connectivity index is 2.41. The summed E-state index contributed by atoms with van der Waals surface area (Å²) in [5.74, 6) is -3.15. The minimum absolute atomic E-state index is 0.157. The van der Waals surface area contributed by atoms with Crippen LogP contribution in [-0.2, 0) is 10.7 Å². The molecule has 19 heavy (non-hydrogen) atoms. The van der Waals surface area contributed by atoms with Crippen LogP contribution in [0.3, 0.4) is 0 Å². The molecule has 0 heterocycles. The van der Waals surface area contributed by atoms with Gasteiger partial charge < -0.3 is 4.74 Å². The Kier molecular flexibility index (Phi) is 4.17. The van der Waals surface area contributed by atoms with Crippen molar-refractivity contribution in [1.29, 1.82) is 0 Å². The monoisotopic (exact) mass is 282 g/mol. The molecule has 1 atom stereocenters. The molecular formula is C15H13ClF2O. The van der Waals surface area contributed by atoms with Gasteiger partial charge in [-0.15, -0.1) is 0 Å². The van der Waals surface area contributed by atoms with Crippen LogP contribution in [0.15, 0.2) is 54.6 Å². The highest BCUT2D eigenvalue weighted by atomic mass is 35.5. The Labute approximate surface area is 115 Å². The van der Waals surface area contributed by atoms with Crippen LogP contribution in [0.4, 0.5) is 8.78 Å². The maximum Gasteiger partial charge on any atom is 0.302 e. The van der Waals surface area contributed by atoms with Gasteiger partial charge in [0.25, 0.3) is 0 Å². The van der Waals surface area contributed by atoms with Gasteiger partial charge in [0, 0.05) is 17.7 Å². The van der Waals surface area contributed by atoms with Crippen molar-refractivity contribution >= 4 is 11.6 Å². The number of alkyl halides is 2. The first-order valence-electron chi connectivity index (χ1n) is 5.77. The summed E-state index contributed by atoms with van der Waals surface area (Å²) < 4.78 is 34.0. The summed E-state index contributed by atoms with van der Waals surface area (Å²) in [6, 6.07) is 14.1. The van der Waals surface area contributed by atoms with E-state index in [9.17, 15) is 8.78 Å². The summed E-state index contributed by atoms with van der Waals surface area (Å²) >= 11 is 5.77. The van der Waals surface area contributed by atoms with E-state index in [0.29, 0.717) is 5.56 Å². The zero-order valence-electron chi connectivity index (χ0n) is 10.3. The fourth-order valence-corrected chi connectivity index (χ4v) is 2.16. The Bertz CT molecular complexity index is 543. The van der Waals surface area contributed by atoms with Crippen LogP contribution in [0.5, 0.6) is 0 Å². The minimum atomic E-state index is -3.15. The SMILES string of the molecule is COC(c1ccccc1)C(F)(F)c1cccc(Cl)c1. The zero-order chi connectivity index (χ0) is 13.9. The lowest BCUT2D eigenvalue weighted by atomic mass is 9.97. The molecule has 100 valence electrons. The zero-order valence-corrected chi connectivity index (χ0v) is 11.1. The van der Waals surface area contributed by atoms with Gasteiger partial charge in [-0.3, -0.25) is 0 Å². The first kappa shape index (κ1) is 14.0. The van der Waals surface area contributed by atoms with E-state index in [1.165, 1.54) is 25.3 Å². The van der Waals surface area contributed by atoms with Gasteiger partial charge in [-0.25, -0.2) is 0 Å². The van der Waals surface area contributed by atoms with Crippen LogP contribution in [0, 0.1) is 0 Å². The van der Waals surface area contributed by atoms with Gasteiger partial charge in [0.1, 0.15) is 6.10 Å². The minimum Gasteiger partial charge on any atom is -0.370 e. The van der Waals surface area contributed by atoms with E-state index in [-0.39, 0.29) is 10.6 Å². The number of ether oxygens (including phenoxy) is 1. The molecule has 0 aliphatic carbocycles. The molecular weight excluding hydrogens is 270 g/mol. The number of halogens is 3. The van der Waals surface area contributed by atoms with Crippen molar-refractivity contribution in [3.63, 3.8) is 0 Å². The van der Waals surface area contributed by atoms with Gasteiger partial charge in [0.05, 0.1) is 0 Å². The van der Waals surface area contributed by atoms with Gasteiger partial charge in [0.2, 0.25) is 0 Å². The summed E-state index contributed by atoms with van der Waals surface area (Å²) in [5.41, 5.74) is 0.269. The Morgan fingerprint density at radius 1 is 1.05 bits per heavy atom. The third kappa shape index (κ3) is 2.94. The molecule has 0 saturated carbocycles. The average molecular weight is 283 g/mol. The molecule has 0 radical (unpaired) electrons. The molecule has 0 fully saturated rings. The molecule has 0 saturated heterocycles. The van der Waals surface area contributed by atoms with E-state index in [1.807, 2.05) is 0 Å². The lowest BCUT2D eigenvalue weighted by Gasteiger charge is -2.26. The van der Waals surface area contributed by atoms with Crippen LogP contribution < -0.4 is 0 Å². The number of methoxy groups -OCH3 is 1. The Morgan fingerprint density at radius 3 is 2.32 bits per heavy atom. The largest absolute Gasteiger partial charge is 0.370 e. The van der Waals surface area contributed by atoms with Gasteiger partial charge in [-0.2, -0.15) is 8.78 Å². The van der Waals surface area contributed by atoms with Crippen molar-refractivity contribution in [2.24, 2.45) is 0 Å². The maximum atomic E-state index is 14.5. The average Bonchev–Trinajstić information content (AvgIpc) is 2.40. The predicted octanol–water partition coefficient (Wildman–Crippen LogP) is 4.82. The molecule has 0 aliphatic rings. The number of hydrogen-bond donors (Lipinski definition) is 0. The van der Waals surface area contributed by atoms with Crippen molar-refractivity contribution in [2.45, 2.75) is 12.0 Å². The second-order valence-electron chi connectivity index (χ2n) is 4.16. The molecule has 1 unspecified atom stereocenters. The third-order valence-electron chi connectivity index (χ3n) is 2.88. The summed E-state index contributed by atoms with van der Waals surface area (Å²) in [6.45, 7) is 0. The van der Waals surface area contributed by atoms with E-state index in [1.54, 1.807) is 36.4 Å². The van der Waals surface area contributed by atoms with E-state index in [0.717, 1.165) is 0 Å². The highest BCUT2D eigenvalue weighted by Crippen LogP contribution is 2.42. The van der Waals surface area contributed by atoms with Gasteiger partial charge in [-0.05, 0) is 17.7 Å². The summed E-state index contributed by atoms with van der Waals surface area (Å²) in [5, 5.41) is 0.278. The van der Waals surface area contributed by atoms with Crippen molar-refractivity contribution in [1.82, 2.24) is 0 Å². The quantitative estimate of drug-likeness (QED) is 0.781. The number of benzene rings is 2. The predicted molar refractivity (Wildman–Crippen MR) is 71.5 cm³/mol. The van der Waals surface area contributed by atoms with E-state index >= 15 is 0 Å². The fraction of sp³-hybridized carbons (Fsp3) is 0.200. The smallest absolute Gasteiger partial charge is 0.302 e. The van der Waals surface area contributed by atoms with Gasteiger partial charge >= 0.3 is 5.92 Å². The molecule has 0 aliphatic heterocycles. The molecule has 0 aromatic heterocycles. The van der Waals surface area contributed by atoms with E-state index < -0.39 is 12.0 Å². The first-order valence-corrected chi connectivity index (χ1v) is 6.15. The van der Waals surface area contributed by atoms with E-state index in [2.05, 4.69) is 0 Å². The van der Waals surface area contributed by atoms with Crippen LogP contribution >= 0.6 is 11.6 Å². The van der Waals surface area contributed by atoms with Crippen LogP contribution in [0.1, 0.15) is 17.2 Å². The fourth-order valence-electron chi connectivity index (χ4n) is 1.97. The second-order valence-corrected chi connectivity index (χ2v) is 4.60. The number of hydrogen-bond acceptors (Lipinski definition) is 1. The topological polar surface area (TPSA) is 9.23 Å². The molecule has 2 aromatic carbocycles. The molecule has 0 spiro atoms. The summed E-state index contributed by atoms with van der Waals surface area (Å²) in [7, 11) is 1.27. The molecule has 4 heteroatoms. The molecule has 2 rings (SSSR count). The van der Waals surface area contributed by atoms with Crippen molar-refractivity contribution < 1.29 is 13.5 Å². The first-order chi connectivity index (χ1) is 9.05. The van der Waals surface area contributed by atoms with Crippen molar-refractivity contribution in [3.8, 4) is 0 Å². The van der Waals surface area contributed by atoms with Gasteiger partial charge in [-0.1, -0.05) is 54.1 Å². The Morgan fingerprint density at radius 2 is 1.74 bits per heavy atom.